The highest BCUT2D eigenvalue weighted by Gasteiger charge is 2.47. The van der Waals surface area contributed by atoms with Gasteiger partial charge in [0.25, 0.3) is 0 Å². The third-order valence-corrected chi connectivity index (χ3v) is 7.00. The molecule has 0 radical (unpaired) electrons. The van der Waals surface area contributed by atoms with Crippen LogP contribution in [0.5, 0.6) is 0 Å². The van der Waals surface area contributed by atoms with Crippen molar-refractivity contribution in [3.8, 4) is 0 Å². The molecule has 0 aromatic carbocycles. The molecule has 0 unspecified atom stereocenters. The van der Waals surface area contributed by atoms with E-state index in [1.807, 2.05) is 0 Å². The summed E-state index contributed by atoms with van der Waals surface area (Å²) < 4.78 is 0. The SMILES string of the molecule is CC(C)=CCC/C(C)=C/CNCCCC1C2CC3CC(C2)CC1C3. The number of hydrogen-bond acceptors (Lipinski definition) is 1. The van der Waals surface area contributed by atoms with Crippen LogP contribution in [0, 0.1) is 29.6 Å². The number of rotatable bonds is 9. The Morgan fingerprint density at radius 1 is 0.917 bits per heavy atom. The highest BCUT2D eigenvalue weighted by atomic mass is 14.8. The third kappa shape index (κ3) is 4.97. The van der Waals surface area contributed by atoms with Gasteiger partial charge in [0.2, 0.25) is 0 Å². The second-order valence-electron chi connectivity index (χ2n) is 9.31. The van der Waals surface area contributed by atoms with Crippen LogP contribution in [0.25, 0.3) is 0 Å². The van der Waals surface area contributed by atoms with Gasteiger partial charge >= 0.3 is 0 Å². The maximum atomic E-state index is 3.65. The van der Waals surface area contributed by atoms with E-state index in [9.17, 15) is 0 Å². The number of nitrogens with one attached hydrogen (secondary N) is 1. The maximum absolute atomic E-state index is 3.65. The molecule has 1 N–H and O–H groups in total. The standard InChI is InChI=1S/C23H39N/c1-17(2)6-4-7-18(3)9-11-24-10-5-8-23-21-13-19-12-20(15-21)16-22(23)14-19/h6,9,19-24H,4-5,7-8,10-16H2,1-3H3/b18-9+. The molecule has 4 rings (SSSR count). The molecule has 136 valence electrons. The second-order valence-corrected chi connectivity index (χ2v) is 9.31. The zero-order chi connectivity index (χ0) is 16.9. The fraction of sp³-hybridized carbons (Fsp3) is 0.826. The van der Waals surface area contributed by atoms with Crippen molar-refractivity contribution in [3.63, 3.8) is 0 Å². The highest BCUT2D eigenvalue weighted by molar-refractivity contribution is 5.03. The van der Waals surface area contributed by atoms with Gasteiger partial charge in [-0.1, -0.05) is 23.3 Å². The summed E-state index contributed by atoms with van der Waals surface area (Å²) in [6.45, 7) is 8.91. The van der Waals surface area contributed by atoms with Gasteiger partial charge in [0.05, 0.1) is 0 Å². The molecule has 0 heterocycles. The van der Waals surface area contributed by atoms with Gasteiger partial charge in [-0.25, -0.2) is 0 Å². The predicted octanol–water partition coefficient (Wildman–Crippen LogP) is 6.12. The fourth-order valence-corrected chi connectivity index (χ4v) is 6.01. The molecule has 4 aliphatic carbocycles. The van der Waals surface area contributed by atoms with E-state index < -0.39 is 0 Å². The lowest BCUT2D eigenvalue weighted by molar-refractivity contribution is -0.0401. The van der Waals surface area contributed by atoms with Gasteiger partial charge < -0.3 is 5.32 Å². The van der Waals surface area contributed by atoms with Crippen molar-refractivity contribution in [2.24, 2.45) is 29.6 Å². The van der Waals surface area contributed by atoms with Gasteiger partial charge in [-0.05, 0) is 115 Å². The lowest BCUT2D eigenvalue weighted by Gasteiger charge is -2.54. The quantitative estimate of drug-likeness (QED) is 0.397. The molecular formula is C23H39N. The van der Waals surface area contributed by atoms with E-state index in [2.05, 4.69) is 38.2 Å². The molecule has 4 bridgehead atoms. The minimum atomic E-state index is 1.06. The van der Waals surface area contributed by atoms with Crippen LogP contribution in [0.1, 0.15) is 78.6 Å². The summed E-state index contributed by atoms with van der Waals surface area (Å²) in [6.07, 6.45) is 17.9. The van der Waals surface area contributed by atoms with Crippen molar-refractivity contribution in [1.29, 1.82) is 0 Å². The molecule has 24 heavy (non-hydrogen) atoms. The van der Waals surface area contributed by atoms with Crippen LogP contribution in [0.15, 0.2) is 23.3 Å². The largest absolute Gasteiger partial charge is 0.313 e. The van der Waals surface area contributed by atoms with Crippen molar-refractivity contribution in [3.05, 3.63) is 23.3 Å². The molecule has 4 saturated carbocycles. The lowest BCUT2D eigenvalue weighted by atomic mass is 9.51. The van der Waals surface area contributed by atoms with Crippen LogP contribution < -0.4 is 5.32 Å². The Kier molecular flexibility index (Phi) is 6.61. The molecule has 0 amide bonds. The molecule has 1 nitrogen and oxygen atoms in total. The normalized spacial score (nSPS) is 34.6. The van der Waals surface area contributed by atoms with Crippen molar-refractivity contribution in [1.82, 2.24) is 5.32 Å². The molecule has 1 heteroatoms. The summed E-state index contributed by atoms with van der Waals surface area (Å²) in [5.74, 6) is 5.56. The lowest BCUT2D eigenvalue weighted by Crippen LogP contribution is -2.45. The Morgan fingerprint density at radius 2 is 1.58 bits per heavy atom. The van der Waals surface area contributed by atoms with Crippen molar-refractivity contribution < 1.29 is 0 Å². The molecule has 0 spiro atoms. The Bertz CT molecular complexity index is 427. The Hall–Kier alpha value is -0.560. The molecule has 0 atom stereocenters. The average Bonchev–Trinajstić information content (AvgIpc) is 2.51. The van der Waals surface area contributed by atoms with Crippen LogP contribution in [-0.4, -0.2) is 13.1 Å². The summed E-state index contributed by atoms with van der Waals surface area (Å²) in [5, 5.41) is 3.65. The Balaban J connectivity index is 1.27. The Morgan fingerprint density at radius 3 is 2.21 bits per heavy atom. The fourth-order valence-electron chi connectivity index (χ4n) is 6.01. The Labute approximate surface area is 150 Å². The highest BCUT2D eigenvalue weighted by Crippen LogP contribution is 2.57. The maximum Gasteiger partial charge on any atom is 0.0137 e. The van der Waals surface area contributed by atoms with E-state index >= 15 is 0 Å². The van der Waals surface area contributed by atoms with Gasteiger partial charge in [-0.2, -0.15) is 0 Å². The second kappa shape index (κ2) is 8.70. The van der Waals surface area contributed by atoms with Crippen LogP contribution in [0.3, 0.4) is 0 Å². The molecule has 0 aliphatic heterocycles. The first-order valence-electron chi connectivity index (χ1n) is 10.6. The van der Waals surface area contributed by atoms with Crippen LogP contribution in [0.2, 0.25) is 0 Å². The third-order valence-electron chi connectivity index (χ3n) is 7.00. The van der Waals surface area contributed by atoms with E-state index in [-0.39, 0.29) is 0 Å². The summed E-state index contributed by atoms with van der Waals surface area (Å²) >= 11 is 0. The first-order chi connectivity index (χ1) is 11.6. The summed E-state index contributed by atoms with van der Waals surface area (Å²) in [5.41, 5.74) is 2.96. The van der Waals surface area contributed by atoms with Crippen molar-refractivity contribution in [2.45, 2.75) is 78.6 Å². The van der Waals surface area contributed by atoms with Gasteiger partial charge in [-0.3, -0.25) is 0 Å². The molecule has 4 aliphatic rings. The van der Waals surface area contributed by atoms with Crippen LogP contribution >= 0.6 is 0 Å². The van der Waals surface area contributed by atoms with Gasteiger partial charge in [0.1, 0.15) is 0 Å². The molecule has 0 aromatic heterocycles. The first-order valence-corrected chi connectivity index (χ1v) is 10.6. The minimum absolute atomic E-state index is 1.06. The zero-order valence-electron chi connectivity index (χ0n) is 16.3. The summed E-state index contributed by atoms with van der Waals surface area (Å²) in [6, 6.07) is 0. The van der Waals surface area contributed by atoms with Crippen LogP contribution in [-0.2, 0) is 0 Å². The van der Waals surface area contributed by atoms with E-state index in [1.165, 1.54) is 43.4 Å². The smallest absolute Gasteiger partial charge is 0.0137 e. The monoisotopic (exact) mass is 329 g/mol. The first kappa shape index (κ1) is 18.2. The van der Waals surface area contributed by atoms with E-state index in [1.54, 1.807) is 32.1 Å². The summed E-state index contributed by atoms with van der Waals surface area (Å²) in [7, 11) is 0. The minimum Gasteiger partial charge on any atom is -0.313 e. The summed E-state index contributed by atoms with van der Waals surface area (Å²) in [4.78, 5) is 0. The van der Waals surface area contributed by atoms with E-state index in [0.717, 1.165) is 36.1 Å². The van der Waals surface area contributed by atoms with Gasteiger partial charge in [-0.15, -0.1) is 0 Å². The average molecular weight is 330 g/mol. The number of hydrogen-bond donors (Lipinski definition) is 1. The van der Waals surface area contributed by atoms with E-state index in [0.29, 0.717) is 0 Å². The van der Waals surface area contributed by atoms with Gasteiger partial charge in [0.15, 0.2) is 0 Å². The van der Waals surface area contributed by atoms with Gasteiger partial charge in [0, 0.05) is 6.54 Å². The zero-order valence-corrected chi connectivity index (χ0v) is 16.3. The topological polar surface area (TPSA) is 12.0 Å². The van der Waals surface area contributed by atoms with Crippen LogP contribution in [0.4, 0.5) is 0 Å². The number of allylic oxidation sites excluding steroid dienone is 3. The van der Waals surface area contributed by atoms with Crippen molar-refractivity contribution >= 4 is 0 Å². The molecular weight excluding hydrogens is 290 g/mol. The van der Waals surface area contributed by atoms with Crippen molar-refractivity contribution in [2.75, 3.05) is 13.1 Å². The molecule has 0 saturated heterocycles. The molecule has 4 fully saturated rings. The van der Waals surface area contributed by atoms with E-state index in [4.69, 9.17) is 0 Å². The predicted molar refractivity (Wildman–Crippen MR) is 105 cm³/mol. The molecule has 0 aromatic rings.